The average Bonchev–Trinajstić information content (AvgIpc) is 2.69. The van der Waals surface area contributed by atoms with Gasteiger partial charge in [0.2, 0.25) is 0 Å². The summed E-state index contributed by atoms with van der Waals surface area (Å²) in [5.41, 5.74) is -4.64. The van der Waals surface area contributed by atoms with Crippen molar-refractivity contribution >= 4 is 0 Å². The molecule has 0 saturated carbocycles. The molecule has 2 nitrogen and oxygen atoms in total. The molecule has 0 aromatic carbocycles. The number of halogens is 23. The molecule has 0 aliphatic heterocycles. The zero-order valence-electron chi connectivity index (χ0n) is 17.2. The van der Waals surface area contributed by atoms with Crippen LogP contribution < -0.4 is 5.73 Å². The van der Waals surface area contributed by atoms with Gasteiger partial charge in [0, 0.05) is 13.0 Å². The van der Waals surface area contributed by atoms with E-state index in [-0.39, 0.29) is 0 Å². The second-order valence-corrected chi connectivity index (χ2v) is 7.47. The molecule has 0 radical (unpaired) electrons. The van der Waals surface area contributed by atoms with Crippen LogP contribution in [-0.2, 0) is 0 Å². The van der Waals surface area contributed by atoms with Gasteiger partial charge in [0.05, 0.1) is 6.10 Å². The molecule has 0 heterocycles. The van der Waals surface area contributed by atoms with Crippen molar-refractivity contribution in [3.63, 3.8) is 0 Å². The molecule has 0 bridgehead atoms. The third-order valence-electron chi connectivity index (χ3n) is 4.80. The number of hydrogen-bond donors (Lipinski definition) is 2. The molecule has 3 N–H and O–H groups in total. The minimum atomic E-state index is -9.49. The van der Waals surface area contributed by atoms with Gasteiger partial charge in [-0.3, -0.25) is 0 Å². The highest BCUT2D eigenvalue weighted by Crippen LogP contribution is 2.67. The Morgan fingerprint density at radius 2 is 0.641 bits per heavy atom. The lowest BCUT2D eigenvalue weighted by Gasteiger charge is -2.46. The van der Waals surface area contributed by atoms with Gasteiger partial charge in [-0.2, -0.15) is 96.6 Å². The first-order valence-corrected chi connectivity index (χ1v) is 8.68. The van der Waals surface area contributed by atoms with Crippen LogP contribution in [0.1, 0.15) is 6.42 Å². The molecule has 0 aliphatic carbocycles. The lowest BCUT2D eigenvalue weighted by atomic mass is 9.82. The summed E-state index contributed by atoms with van der Waals surface area (Å²) < 4.78 is 304. The molecule has 0 saturated heterocycles. The van der Waals surface area contributed by atoms with Crippen LogP contribution in [0.25, 0.3) is 0 Å². The zero-order valence-corrected chi connectivity index (χ0v) is 17.2. The summed E-state index contributed by atoms with van der Waals surface area (Å²) in [5, 5.41) is 8.68. The van der Waals surface area contributed by atoms with E-state index in [1.54, 1.807) is 0 Å². The van der Waals surface area contributed by atoms with Crippen molar-refractivity contribution in [1.29, 1.82) is 0 Å². The predicted octanol–water partition coefficient (Wildman–Crippen LogP) is 6.61. The van der Waals surface area contributed by atoms with Crippen molar-refractivity contribution in [2.75, 3.05) is 6.54 Å². The van der Waals surface area contributed by atoms with Crippen LogP contribution in [0.15, 0.2) is 0 Å². The van der Waals surface area contributed by atoms with Gasteiger partial charge < -0.3 is 10.8 Å². The Balaban J connectivity index is 7.30. The SMILES string of the molecule is NC[C@H](O)CC(F)(F)C(F)(F)C(F)(F)C(F)(F)C(F)(F)C(F)(F)C(F)(F)C(F)(F)C(F)(C(F)(F)F)C(F)(F)F. The van der Waals surface area contributed by atoms with Crippen molar-refractivity contribution in [3.05, 3.63) is 0 Å². The quantitative estimate of drug-likeness (QED) is 0.249. The fourth-order valence-corrected chi connectivity index (χ4v) is 2.46. The smallest absolute Gasteiger partial charge is 0.392 e. The average molecular weight is 643 g/mol. The molecule has 39 heavy (non-hydrogen) atoms. The standard InChI is InChI=1S/C14H8F23NO/c15-4(16,1-3(39)2-38)6(18,19)8(22,23)10(26,27)12(30,31)11(28,29)9(24,25)7(20,21)5(17,13(32,33)34)14(35,36)37/h3,39H,1-2,38H2/t3-/m1/s1. The van der Waals surface area contributed by atoms with Gasteiger partial charge in [-0.1, -0.05) is 0 Å². The van der Waals surface area contributed by atoms with E-state index in [0.29, 0.717) is 0 Å². The summed E-state index contributed by atoms with van der Waals surface area (Å²) >= 11 is 0. The maximum atomic E-state index is 13.6. The Morgan fingerprint density at radius 3 is 0.872 bits per heavy atom. The fourth-order valence-electron chi connectivity index (χ4n) is 2.46. The van der Waals surface area contributed by atoms with Crippen LogP contribution in [0.3, 0.4) is 0 Å². The lowest BCUT2D eigenvalue weighted by Crippen LogP contribution is -2.79. The minimum Gasteiger partial charge on any atom is -0.392 e. The van der Waals surface area contributed by atoms with E-state index in [1.807, 2.05) is 0 Å². The number of rotatable bonds is 11. The van der Waals surface area contributed by atoms with E-state index in [2.05, 4.69) is 5.73 Å². The summed E-state index contributed by atoms with van der Waals surface area (Å²) in [6.45, 7) is -1.60. The Hall–Kier alpha value is -1.69. The molecule has 0 unspecified atom stereocenters. The van der Waals surface area contributed by atoms with Crippen LogP contribution in [0.5, 0.6) is 0 Å². The largest absolute Gasteiger partial charge is 0.438 e. The summed E-state index contributed by atoms with van der Waals surface area (Å²) in [7, 11) is 0. The van der Waals surface area contributed by atoms with E-state index in [9.17, 15) is 101 Å². The highest BCUT2D eigenvalue weighted by atomic mass is 19.4. The van der Waals surface area contributed by atoms with Crippen molar-refractivity contribution in [1.82, 2.24) is 0 Å². The third-order valence-corrected chi connectivity index (χ3v) is 4.80. The molecule has 0 amide bonds. The Bertz CT molecular complexity index is 855. The van der Waals surface area contributed by atoms with Gasteiger partial charge in [0.1, 0.15) is 0 Å². The molecule has 0 aromatic rings. The van der Waals surface area contributed by atoms with Crippen molar-refractivity contribution in [2.24, 2.45) is 5.73 Å². The fraction of sp³-hybridized carbons (Fsp3) is 1.00. The maximum Gasteiger partial charge on any atom is 0.438 e. The second-order valence-electron chi connectivity index (χ2n) is 7.47. The molecular weight excluding hydrogens is 635 g/mol. The van der Waals surface area contributed by atoms with Gasteiger partial charge in [-0.25, -0.2) is 4.39 Å². The molecule has 0 aliphatic rings. The van der Waals surface area contributed by atoms with Crippen LogP contribution in [0, 0.1) is 0 Å². The van der Waals surface area contributed by atoms with E-state index in [1.165, 1.54) is 0 Å². The Morgan fingerprint density at radius 1 is 0.410 bits per heavy atom. The zero-order chi connectivity index (χ0) is 32.5. The molecule has 0 rings (SSSR count). The van der Waals surface area contributed by atoms with Crippen LogP contribution >= 0.6 is 0 Å². The van der Waals surface area contributed by atoms with E-state index in [4.69, 9.17) is 5.11 Å². The highest BCUT2D eigenvalue weighted by Gasteiger charge is 2.99. The number of nitrogens with two attached hydrogens (primary N) is 1. The molecule has 25 heteroatoms. The number of alkyl halides is 23. The van der Waals surface area contributed by atoms with E-state index in [0.717, 1.165) is 0 Å². The van der Waals surface area contributed by atoms with E-state index < -0.39 is 84.5 Å². The molecule has 0 spiro atoms. The number of aliphatic hydroxyl groups is 1. The van der Waals surface area contributed by atoms with Gasteiger partial charge >= 0.3 is 65.4 Å². The summed E-state index contributed by atoms with van der Waals surface area (Å²) in [6.07, 6.45) is -23.4. The maximum absolute atomic E-state index is 13.6. The van der Waals surface area contributed by atoms with Crippen molar-refractivity contribution < 1.29 is 106 Å². The van der Waals surface area contributed by atoms with Gasteiger partial charge in [-0.15, -0.1) is 0 Å². The third kappa shape index (κ3) is 4.71. The van der Waals surface area contributed by atoms with Gasteiger partial charge in [0.25, 0.3) is 0 Å². The van der Waals surface area contributed by atoms with E-state index >= 15 is 0 Å². The minimum absolute atomic E-state index is 1.60. The topological polar surface area (TPSA) is 46.2 Å². The second kappa shape index (κ2) is 9.42. The van der Waals surface area contributed by atoms with Crippen molar-refractivity contribution in [3.8, 4) is 0 Å². The monoisotopic (exact) mass is 643 g/mol. The molecule has 1 atom stereocenters. The normalized spacial score (nSPS) is 17.5. The number of hydrogen-bond acceptors (Lipinski definition) is 2. The highest BCUT2D eigenvalue weighted by molar-refractivity contribution is 5.20. The summed E-state index contributed by atoms with van der Waals surface area (Å²) in [6, 6.07) is 0. The summed E-state index contributed by atoms with van der Waals surface area (Å²) in [5.74, 6) is -70.9. The Labute approximate surface area is 197 Å². The molecule has 0 aromatic heterocycles. The van der Waals surface area contributed by atoms with Gasteiger partial charge in [0.15, 0.2) is 0 Å². The lowest BCUT2D eigenvalue weighted by molar-refractivity contribution is -0.481. The van der Waals surface area contributed by atoms with Gasteiger partial charge in [-0.05, 0) is 0 Å². The Kier molecular flexibility index (Phi) is 9.02. The molecular formula is C14H8F23NO. The molecule has 236 valence electrons. The first-order valence-electron chi connectivity index (χ1n) is 8.68. The van der Waals surface area contributed by atoms with Crippen LogP contribution in [0.2, 0.25) is 0 Å². The van der Waals surface area contributed by atoms with Crippen LogP contribution in [0.4, 0.5) is 101 Å². The van der Waals surface area contributed by atoms with Crippen molar-refractivity contribution in [2.45, 2.75) is 77.9 Å². The summed E-state index contributed by atoms with van der Waals surface area (Å²) in [4.78, 5) is 0. The number of aliphatic hydroxyl groups excluding tert-OH is 1. The predicted molar refractivity (Wildman–Crippen MR) is 75.2 cm³/mol. The molecule has 0 fully saturated rings. The first kappa shape index (κ1) is 37.3. The first-order chi connectivity index (χ1) is 16.5. The van der Waals surface area contributed by atoms with Crippen LogP contribution in [-0.4, -0.2) is 83.2 Å².